The van der Waals surface area contributed by atoms with E-state index in [4.69, 9.17) is 10.8 Å². The van der Waals surface area contributed by atoms with E-state index >= 15 is 0 Å². The fourth-order valence-corrected chi connectivity index (χ4v) is 0.895. The summed E-state index contributed by atoms with van der Waals surface area (Å²) in [7, 11) is -2.47. The molecule has 0 saturated carbocycles. The average Bonchev–Trinajstić information content (AvgIpc) is 1.85. The number of aliphatic hydroxyl groups is 1. The van der Waals surface area contributed by atoms with E-state index in [0.29, 0.717) is 0 Å². The lowest BCUT2D eigenvalue weighted by molar-refractivity contribution is 0.113. The van der Waals surface area contributed by atoms with Gasteiger partial charge in [0.05, 0.1) is 12.7 Å². The van der Waals surface area contributed by atoms with Crippen molar-refractivity contribution in [3.8, 4) is 0 Å². The van der Waals surface area contributed by atoms with E-state index < -0.39 is 14.4 Å². The van der Waals surface area contributed by atoms with Crippen molar-refractivity contribution in [1.29, 1.82) is 0 Å². The molecule has 2 unspecified atom stereocenters. The maximum Gasteiger partial charge on any atom is 0.320 e. The molecule has 0 radical (unpaired) electrons. The molecule has 6 heteroatoms. The first-order valence-corrected chi connectivity index (χ1v) is 4.07. The molecule has 0 aromatic carbocycles. The SMILES string of the molecule is CC(O)CO[PH](=O)OCN. The van der Waals surface area contributed by atoms with Crippen LogP contribution in [-0.4, -0.2) is 24.5 Å². The van der Waals surface area contributed by atoms with Crippen LogP contribution in [0.5, 0.6) is 0 Å². The zero-order valence-electron chi connectivity index (χ0n) is 5.74. The highest BCUT2D eigenvalue weighted by atomic mass is 31.1. The highest BCUT2D eigenvalue weighted by Gasteiger charge is 2.00. The smallest absolute Gasteiger partial charge is 0.320 e. The minimum absolute atomic E-state index is 0.0117. The Hall–Kier alpha value is 0.0700. The van der Waals surface area contributed by atoms with Gasteiger partial charge in [-0.15, -0.1) is 0 Å². The maximum absolute atomic E-state index is 10.5. The number of nitrogens with two attached hydrogens (primary N) is 1. The topological polar surface area (TPSA) is 81.8 Å². The van der Waals surface area contributed by atoms with Gasteiger partial charge in [-0.1, -0.05) is 0 Å². The third kappa shape index (κ3) is 6.19. The third-order valence-electron chi connectivity index (χ3n) is 0.644. The molecule has 0 fully saturated rings. The fourth-order valence-electron chi connectivity index (χ4n) is 0.298. The van der Waals surface area contributed by atoms with Crippen molar-refractivity contribution in [2.24, 2.45) is 5.73 Å². The number of aliphatic hydroxyl groups excluding tert-OH is 1. The molecule has 10 heavy (non-hydrogen) atoms. The molecule has 5 nitrogen and oxygen atoms in total. The first kappa shape index (κ1) is 10.1. The van der Waals surface area contributed by atoms with Gasteiger partial charge in [-0.05, 0) is 6.92 Å². The van der Waals surface area contributed by atoms with Gasteiger partial charge in [-0.3, -0.25) is 9.09 Å². The van der Waals surface area contributed by atoms with E-state index in [9.17, 15) is 4.57 Å². The van der Waals surface area contributed by atoms with Crippen LogP contribution in [0.2, 0.25) is 0 Å². The molecule has 0 aliphatic heterocycles. The number of hydrogen-bond acceptors (Lipinski definition) is 5. The van der Waals surface area contributed by atoms with Crippen LogP contribution in [0.3, 0.4) is 0 Å². The lowest BCUT2D eigenvalue weighted by Gasteiger charge is -2.04. The van der Waals surface area contributed by atoms with Crippen LogP contribution in [-0.2, 0) is 13.6 Å². The van der Waals surface area contributed by atoms with E-state index in [1.165, 1.54) is 6.92 Å². The number of hydrogen-bond donors (Lipinski definition) is 2. The molecular formula is C4H12NO4P. The first-order valence-electron chi connectivity index (χ1n) is 2.84. The lowest BCUT2D eigenvalue weighted by atomic mass is 10.5. The summed E-state index contributed by atoms with van der Waals surface area (Å²) in [6, 6.07) is 0. The second kappa shape index (κ2) is 5.82. The number of rotatable bonds is 5. The summed E-state index contributed by atoms with van der Waals surface area (Å²) >= 11 is 0. The maximum atomic E-state index is 10.5. The molecule has 0 rings (SSSR count). The molecule has 0 aromatic heterocycles. The molecule has 0 bridgehead atoms. The van der Waals surface area contributed by atoms with Crippen molar-refractivity contribution in [3.05, 3.63) is 0 Å². The van der Waals surface area contributed by atoms with E-state index in [-0.39, 0.29) is 13.3 Å². The Labute approximate surface area is 60.1 Å². The molecule has 62 valence electrons. The van der Waals surface area contributed by atoms with Crippen LogP contribution in [0.15, 0.2) is 0 Å². The summed E-state index contributed by atoms with van der Waals surface area (Å²) in [6.07, 6.45) is -0.629. The summed E-state index contributed by atoms with van der Waals surface area (Å²) < 4.78 is 19.4. The van der Waals surface area contributed by atoms with Crippen LogP contribution in [0, 0.1) is 0 Å². The van der Waals surface area contributed by atoms with Crippen molar-refractivity contribution in [1.82, 2.24) is 0 Å². The monoisotopic (exact) mass is 169 g/mol. The molecule has 0 aromatic rings. The van der Waals surface area contributed by atoms with Gasteiger partial charge in [0.1, 0.15) is 6.73 Å². The van der Waals surface area contributed by atoms with E-state index in [0.717, 1.165) is 0 Å². The minimum Gasteiger partial charge on any atom is -0.391 e. The van der Waals surface area contributed by atoms with Gasteiger partial charge >= 0.3 is 8.25 Å². The quantitative estimate of drug-likeness (QED) is 0.436. The molecule has 2 atom stereocenters. The Morgan fingerprint density at radius 1 is 1.70 bits per heavy atom. The van der Waals surface area contributed by atoms with E-state index in [1.54, 1.807) is 0 Å². The van der Waals surface area contributed by atoms with Crippen LogP contribution < -0.4 is 5.73 Å². The summed E-state index contributed by atoms with van der Waals surface area (Å²) in [6.45, 7) is 1.41. The molecule has 0 aliphatic carbocycles. The first-order chi connectivity index (χ1) is 4.66. The summed E-state index contributed by atoms with van der Waals surface area (Å²) in [5.41, 5.74) is 4.90. The van der Waals surface area contributed by atoms with Gasteiger partial charge in [-0.2, -0.15) is 0 Å². The third-order valence-corrected chi connectivity index (χ3v) is 1.45. The molecule has 3 N–H and O–H groups in total. The zero-order chi connectivity index (χ0) is 7.98. The Morgan fingerprint density at radius 3 is 2.70 bits per heavy atom. The van der Waals surface area contributed by atoms with Crippen molar-refractivity contribution in [3.63, 3.8) is 0 Å². The Balaban J connectivity index is 3.22. The van der Waals surface area contributed by atoms with Crippen LogP contribution in [0.25, 0.3) is 0 Å². The summed E-state index contributed by atoms with van der Waals surface area (Å²) in [4.78, 5) is 0. The molecule has 0 saturated heterocycles. The second-order valence-corrected chi connectivity index (χ2v) is 2.80. The van der Waals surface area contributed by atoms with Gasteiger partial charge in [0.2, 0.25) is 0 Å². The molecule has 0 amide bonds. The van der Waals surface area contributed by atoms with Gasteiger partial charge < -0.3 is 15.4 Å². The van der Waals surface area contributed by atoms with Crippen molar-refractivity contribution < 1.29 is 18.7 Å². The standard InChI is InChI=1S/C4H12NO4P/c1-4(6)2-8-10(7)9-3-5/h4,6,10H,2-3,5H2,1H3. The Bertz CT molecular complexity index is 107. The van der Waals surface area contributed by atoms with E-state index in [1.807, 2.05) is 0 Å². The molecule has 0 heterocycles. The van der Waals surface area contributed by atoms with Gasteiger partial charge in [-0.25, -0.2) is 0 Å². The Kier molecular flexibility index (Phi) is 5.87. The van der Waals surface area contributed by atoms with Gasteiger partial charge in [0, 0.05) is 0 Å². The lowest BCUT2D eigenvalue weighted by Crippen LogP contribution is -2.08. The van der Waals surface area contributed by atoms with Crippen LogP contribution >= 0.6 is 8.25 Å². The van der Waals surface area contributed by atoms with Crippen molar-refractivity contribution in [2.75, 3.05) is 13.3 Å². The van der Waals surface area contributed by atoms with Crippen molar-refractivity contribution >= 4 is 8.25 Å². The largest absolute Gasteiger partial charge is 0.391 e. The van der Waals surface area contributed by atoms with Crippen molar-refractivity contribution in [2.45, 2.75) is 13.0 Å². The highest BCUT2D eigenvalue weighted by Crippen LogP contribution is 2.22. The Morgan fingerprint density at radius 2 is 2.30 bits per heavy atom. The molecule has 0 aliphatic rings. The van der Waals surface area contributed by atoms with E-state index in [2.05, 4.69) is 9.05 Å². The highest BCUT2D eigenvalue weighted by molar-refractivity contribution is 7.33. The van der Waals surface area contributed by atoms with Crippen LogP contribution in [0.4, 0.5) is 0 Å². The minimum atomic E-state index is -2.47. The average molecular weight is 169 g/mol. The molecule has 0 spiro atoms. The van der Waals surface area contributed by atoms with Gasteiger partial charge in [0.25, 0.3) is 0 Å². The fraction of sp³-hybridized carbons (Fsp3) is 1.00. The van der Waals surface area contributed by atoms with Gasteiger partial charge in [0.15, 0.2) is 0 Å². The van der Waals surface area contributed by atoms with Crippen LogP contribution in [0.1, 0.15) is 6.92 Å². The predicted molar refractivity (Wildman–Crippen MR) is 36.8 cm³/mol. The summed E-state index contributed by atoms with van der Waals surface area (Å²) in [5, 5.41) is 8.64. The molecular weight excluding hydrogens is 157 g/mol. The zero-order valence-corrected chi connectivity index (χ0v) is 6.74. The second-order valence-electron chi connectivity index (χ2n) is 1.72. The summed E-state index contributed by atoms with van der Waals surface area (Å²) in [5.74, 6) is 0. The normalized spacial score (nSPS) is 16.7. The predicted octanol–water partition coefficient (Wildman–Crippen LogP) is -0.294.